The Morgan fingerprint density at radius 2 is 2.00 bits per heavy atom. The number of anilines is 1. The smallest absolute Gasteiger partial charge is 0.271 e. The van der Waals surface area contributed by atoms with Crippen LogP contribution in [0.2, 0.25) is 0 Å². The molecule has 0 aliphatic carbocycles. The first-order chi connectivity index (χ1) is 13.6. The van der Waals surface area contributed by atoms with Crippen molar-refractivity contribution >= 4 is 23.5 Å². The summed E-state index contributed by atoms with van der Waals surface area (Å²) in [4.78, 5) is 24.7. The van der Waals surface area contributed by atoms with Crippen molar-refractivity contribution in [2.45, 2.75) is 19.3 Å². The van der Waals surface area contributed by atoms with Crippen LogP contribution in [0.25, 0.3) is 0 Å². The van der Waals surface area contributed by atoms with Crippen LogP contribution < -0.4 is 15.1 Å². The molecule has 0 unspecified atom stereocenters. The van der Waals surface area contributed by atoms with Crippen LogP contribution in [0.15, 0.2) is 47.6 Å². The second kappa shape index (κ2) is 8.98. The number of carbonyl (C=O) groups excluding carboxylic acids is 1. The molecule has 1 N–H and O–H groups in total. The van der Waals surface area contributed by atoms with Gasteiger partial charge in [-0.05, 0) is 37.5 Å². The normalized spacial score (nSPS) is 14.1. The van der Waals surface area contributed by atoms with Crippen molar-refractivity contribution < 1.29 is 14.5 Å². The molecule has 1 heterocycles. The van der Waals surface area contributed by atoms with Crippen LogP contribution in [-0.4, -0.2) is 37.2 Å². The van der Waals surface area contributed by atoms with E-state index >= 15 is 0 Å². The van der Waals surface area contributed by atoms with Crippen LogP contribution in [0.5, 0.6) is 5.75 Å². The largest absolute Gasteiger partial charge is 0.496 e. The number of nitro groups is 1. The predicted octanol–water partition coefficient (Wildman–Crippen LogP) is 3.36. The van der Waals surface area contributed by atoms with Crippen molar-refractivity contribution in [2.24, 2.45) is 5.10 Å². The number of non-ortho nitro benzene ring substituents is 1. The van der Waals surface area contributed by atoms with E-state index in [0.29, 0.717) is 5.75 Å². The van der Waals surface area contributed by atoms with Crippen molar-refractivity contribution in [1.29, 1.82) is 0 Å². The molecule has 146 valence electrons. The van der Waals surface area contributed by atoms with Crippen molar-refractivity contribution in [2.75, 3.05) is 25.1 Å². The molecule has 0 bridgehead atoms. The van der Waals surface area contributed by atoms with Gasteiger partial charge in [0.1, 0.15) is 5.75 Å². The van der Waals surface area contributed by atoms with E-state index in [4.69, 9.17) is 4.74 Å². The summed E-state index contributed by atoms with van der Waals surface area (Å²) in [7, 11) is 1.59. The lowest BCUT2D eigenvalue weighted by molar-refractivity contribution is -0.384. The highest BCUT2D eigenvalue weighted by Gasteiger charge is 2.13. The van der Waals surface area contributed by atoms with Crippen LogP contribution in [0.3, 0.4) is 0 Å². The monoisotopic (exact) mass is 382 g/mol. The molecule has 1 amide bonds. The van der Waals surface area contributed by atoms with Gasteiger partial charge < -0.3 is 9.64 Å². The quantitative estimate of drug-likeness (QED) is 0.469. The summed E-state index contributed by atoms with van der Waals surface area (Å²) in [5, 5.41) is 14.8. The minimum Gasteiger partial charge on any atom is -0.496 e. The number of nitrogens with zero attached hydrogens (tertiary/aromatic N) is 3. The number of hydrazone groups is 1. The number of nitrogens with one attached hydrogen (secondary N) is 1. The molecule has 1 fully saturated rings. The number of benzene rings is 2. The van der Waals surface area contributed by atoms with Gasteiger partial charge in [0.25, 0.3) is 11.6 Å². The molecule has 1 aliphatic rings. The van der Waals surface area contributed by atoms with E-state index in [1.807, 2.05) is 18.2 Å². The summed E-state index contributed by atoms with van der Waals surface area (Å²) in [6.07, 6.45) is 5.14. The van der Waals surface area contributed by atoms with Gasteiger partial charge in [0.2, 0.25) is 0 Å². The molecule has 28 heavy (non-hydrogen) atoms. The van der Waals surface area contributed by atoms with Gasteiger partial charge in [0.05, 0.1) is 18.2 Å². The number of hydrogen-bond acceptors (Lipinski definition) is 6. The van der Waals surface area contributed by atoms with Crippen LogP contribution >= 0.6 is 0 Å². The van der Waals surface area contributed by atoms with E-state index in [0.717, 1.165) is 24.3 Å². The Balaban J connectivity index is 1.68. The molecule has 8 heteroatoms. The molecule has 8 nitrogen and oxygen atoms in total. The van der Waals surface area contributed by atoms with Gasteiger partial charge >= 0.3 is 0 Å². The minimum atomic E-state index is -0.547. The number of piperidine rings is 1. The predicted molar refractivity (Wildman–Crippen MR) is 107 cm³/mol. The molecule has 0 spiro atoms. The first-order valence-corrected chi connectivity index (χ1v) is 9.09. The fraction of sp³-hybridized carbons (Fsp3) is 0.300. The lowest BCUT2D eigenvalue weighted by Crippen LogP contribution is -2.29. The first-order valence-electron chi connectivity index (χ1n) is 9.09. The van der Waals surface area contributed by atoms with Gasteiger partial charge in [-0.15, -0.1) is 0 Å². The maximum absolute atomic E-state index is 12.1. The summed E-state index contributed by atoms with van der Waals surface area (Å²) < 4.78 is 5.46. The second-order valence-corrected chi connectivity index (χ2v) is 6.48. The third-order valence-electron chi connectivity index (χ3n) is 4.63. The van der Waals surface area contributed by atoms with Gasteiger partial charge in [-0.2, -0.15) is 5.10 Å². The maximum atomic E-state index is 12.1. The average Bonchev–Trinajstić information content (AvgIpc) is 2.74. The van der Waals surface area contributed by atoms with Crippen LogP contribution in [0.4, 0.5) is 11.4 Å². The molecule has 0 saturated carbocycles. The Labute approximate surface area is 163 Å². The Morgan fingerprint density at radius 3 is 2.71 bits per heavy atom. The molecule has 2 aromatic carbocycles. The number of ether oxygens (including phenoxy) is 1. The van der Waals surface area contributed by atoms with Crippen LogP contribution in [-0.2, 0) is 0 Å². The summed E-state index contributed by atoms with van der Waals surface area (Å²) in [6.45, 7) is 2.08. The van der Waals surface area contributed by atoms with Crippen molar-refractivity contribution in [1.82, 2.24) is 5.43 Å². The third-order valence-corrected chi connectivity index (χ3v) is 4.63. The summed E-state index contributed by atoms with van der Waals surface area (Å²) in [6, 6.07) is 11.4. The van der Waals surface area contributed by atoms with E-state index in [1.165, 1.54) is 49.7 Å². The minimum absolute atomic E-state index is 0.147. The highest BCUT2D eigenvalue weighted by molar-refractivity contribution is 5.95. The van der Waals surface area contributed by atoms with E-state index in [-0.39, 0.29) is 11.3 Å². The van der Waals surface area contributed by atoms with Crippen LogP contribution in [0, 0.1) is 10.1 Å². The Bertz CT molecular complexity index is 892. The molecule has 0 atom stereocenters. The lowest BCUT2D eigenvalue weighted by atomic mass is 10.1. The molecule has 1 saturated heterocycles. The number of hydrogen-bond donors (Lipinski definition) is 1. The molecular formula is C20H22N4O4. The molecule has 0 radical (unpaired) electrons. The Kier molecular flexibility index (Phi) is 6.21. The van der Waals surface area contributed by atoms with Gasteiger partial charge in [-0.25, -0.2) is 5.43 Å². The van der Waals surface area contributed by atoms with E-state index in [2.05, 4.69) is 15.4 Å². The fourth-order valence-electron chi connectivity index (χ4n) is 3.14. The van der Waals surface area contributed by atoms with E-state index in [1.54, 1.807) is 7.11 Å². The average molecular weight is 382 g/mol. The fourth-order valence-corrected chi connectivity index (χ4v) is 3.14. The van der Waals surface area contributed by atoms with Crippen LogP contribution in [0.1, 0.15) is 35.2 Å². The number of rotatable bonds is 6. The maximum Gasteiger partial charge on any atom is 0.271 e. The standard InChI is InChI=1S/C20H22N4O4/c1-28-19-13-17(23-10-3-2-4-11-23)9-8-16(19)14-21-22-20(25)15-6-5-7-18(12-15)24(26)27/h5-9,12-14H,2-4,10-11H2,1H3,(H,22,25)/b21-14-. The SMILES string of the molecule is COc1cc(N2CCCCC2)ccc1/C=N\NC(=O)c1cccc([N+](=O)[O-])c1. The van der Waals surface area contributed by atoms with Crippen molar-refractivity contribution in [3.63, 3.8) is 0 Å². The number of nitro benzene ring substituents is 1. The summed E-state index contributed by atoms with van der Waals surface area (Å²) in [5.74, 6) is 0.139. The van der Waals surface area contributed by atoms with Crippen molar-refractivity contribution in [3.8, 4) is 5.75 Å². The molecule has 0 aromatic heterocycles. The van der Waals surface area contributed by atoms with Gasteiger partial charge in [-0.3, -0.25) is 14.9 Å². The number of amides is 1. The summed E-state index contributed by atoms with van der Waals surface area (Å²) >= 11 is 0. The lowest BCUT2D eigenvalue weighted by Gasteiger charge is -2.29. The highest BCUT2D eigenvalue weighted by atomic mass is 16.6. The van der Waals surface area contributed by atoms with Crippen molar-refractivity contribution in [3.05, 3.63) is 63.7 Å². The Morgan fingerprint density at radius 1 is 1.21 bits per heavy atom. The van der Waals surface area contributed by atoms with E-state index < -0.39 is 10.8 Å². The third kappa shape index (κ3) is 4.64. The second-order valence-electron chi connectivity index (χ2n) is 6.48. The highest BCUT2D eigenvalue weighted by Crippen LogP contribution is 2.26. The number of methoxy groups -OCH3 is 1. The summed E-state index contributed by atoms with van der Waals surface area (Å²) in [5.41, 5.74) is 4.23. The first kappa shape index (κ1) is 19.3. The zero-order valence-corrected chi connectivity index (χ0v) is 15.6. The zero-order valence-electron chi connectivity index (χ0n) is 15.6. The van der Waals surface area contributed by atoms with Gasteiger partial charge in [0.15, 0.2) is 0 Å². The van der Waals surface area contributed by atoms with Gasteiger partial charge in [-0.1, -0.05) is 6.07 Å². The Hall–Kier alpha value is -3.42. The molecule has 1 aliphatic heterocycles. The topological polar surface area (TPSA) is 97.1 Å². The molecule has 3 rings (SSSR count). The molecular weight excluding hydrogens is 360 g/mol. The van der Waals surface area contributed by atoms with E-state index in [9.17, 15) is 14.9 Å². The zero-order chi connectivity index (χ0) is 19.9. The van der Waals surface area contributed by atoms with Gasteiger partial charge in [0, 0.05) is 48.1 Å². The molecule has 2 aromatic rings. The number of carbonyl (C=O) groups is 1.